The van der Waals surface area contributed by atoms with Crippen molar-refractivity contribution in [3.8, 4) is 0 Å². The molecule has 1 atom stereocenters. The second-order valence-corrected chi connectivity index (χ2v) is 7.53. The Kier molecular flexibility index (Phi) is 3.09. The third kappa shape index (κ3) is 2.24. The SMILES string of the molecule is Clc1ccc2cc(N3CC[C@@]4(CN5CCC4CC5)O3)ncc2c1. The highest BCUT2D eigenvalue weighted by molar-refractivity contribution is 6.31. The molecule has 2 aromatic rings. The van der Waals surface area contributed by atoms with Gasteiger partial charge in [0, 0.05) is 29.6 Å². The molecule has 0 amide bonds. The minimum Gasteiger partial charge on any atom is -0.300 e. The van der Waals surface area contributed by atoms with Crippen molar-refractivity contribution in [2.45, 2.75) is 24.9 Å². The first-order valence-electron chi connectivity index (χ1n) is 8.46. The number of hydroxylamine groups is 1. The van der Waals surface area contributed by atoms with E-state index in [9.17, 15) is 0 Å². The van der Waals surface area contributed by atoms with Crippen molar-refractivity contribution in [3.63, 3.8) is 0 Å². The molecule has 23 heavy (non-hydrogen) atoms. The van der Waals surface area contributed by atoms with Gasteiger partial charge in [0.25, 0.3) is 0 Å². The molecular weight excluding hydrogens is 310 g/mol. The van der Waals surface area contributed by atoms with Gasteiger partial charge in [0.2, 0.25) is 0 Å². The van der Waals surface area contributed by atoms with Gasteiger partial charge < -0.3 is 4.90 Å². The highest BCUT2D eigenvalue weighted by Crippen LogP contribution is 2.45. The number of hydrogen-bond acceptors (Lipinski definition) is 4. The summed E-state index contributed by atoms with van der Waals surface area (Å²) in [5.41, 5.74) is 0.0210. The average molecular weight is 330 g/mol. The second-order valence-electron chi connectivity index (χ2n) is 7.09. The molecule has 0 saturated carbocycles. The Morgan fingerprint density at radius 3 is 2.78 bits per heavy atom. The molecule has 1 aromatic carbocycles. The molecule has 4 fully saturated rings. The number of nitrogens with zero attached hydrogens (tertiary/aromatic N) is 3. The van der Waals surface area contributed by atoms with E-state index in [1.54, 1.807) is 0 Å². The van der Waals surface area contributed by atoms with Crippen LogP contribution in [0.4, 0.5) is 5.82 Å². The third-order valence-corrected chi connectivity index (χ3v) is 6.01. The number of hydrogen-bond donors (Lipinski definition) is 0. The van der Waals surface area contributed by atoms with Crippen molar-refractivity contribution in [2.24, 2.45) is 5.92 Å². The Bertz CT molecular complexity index is 759. The van der Waals surface area contributed by atoms with Crippen LogP contribution >= 0.6 is 11.6 Å². The third-order valence-electron chi connectivity index (χ3n) is 5.78. The van der Waals surface area contributed by atoms with E-state index >= 15 is 0 Å². The predicted octanol–water partition coefficient (Wildman–Crippen LogP) is 3.49. The molecule has 5 heterocycles. The number of piperidine rings is 3. The zero-order valence-corrected chi connectivity index (χ0v) is 13.8. The Morgan fingerprint density at radius 1 is 1.13 bits per heavy atom. The fourth-order valence-electron chi connectivity index (χ4n) is 4.51. The number of anilines is 1. The van der Waals surface area contributed by atoms with Crippen molar-refractivity contribution in [1.82, 2.24) is 9.88 Å². The molecule has 0 radical (unpaired) electrons. The summed E-state index contributed by atoms with van der Waals surface area (Å²) in [7, 11) is 0. The molecule has 2 bridgehead atoms. The van der Waals surface area contributed by atoms with Gasteiger partial charge in [-0.1, -0.05) is 17.7 Å². The Labute approximate surface area is 140 Å². The molecule has 4 saturated heterocycles. The lowest BCUT2D eigenvalue weighted by molar-refractivity contribution is -0.131. The molecule has 1 spiro atoms. The molecule has 120 valence electrons. The van der Waals surface area contributed by atoms with Crippen LogP contribution in [0, 0.1) is 5.92 Å². The van der Waals surface area contributed by atoms with Crippen LogP contribution in [0.25, 0.3) is 10.8 Å². The van der Waals surface area contributed by atoms with E-state index in [4.69, 9.17) is 16.4 Å². The molecule has 4 aliphatic rings. The topological polar surface area (TPSA) is 28.6 Å². The minimum atomic E-state index is 0.0210. The van der Waals surface area contributed by atoms with Crippen LogP contribution in [0.15, 0.2) is 30.5 Å². The van der Waals surface area contributed by atoms with Crippen molar-refractivity contribution in [1.29, 1.82) is 0 Å². The maximum absolute atomic E-state index is 6.49. The number of halogens is 1. The van der Waals surface area contributed by atoms with Crippen molar-refractivity contribution < 1.29 is 4.84 Å². The van der Waals surface area contributed by atoms with E-state index < -0.39 is 0 Å². The number of fused-ring (bicyclic) bond motifs is 3. The van der Waals surface area contributed by atoms with Gasteiger partial charge >= 0.3 is 0 Å². The van der Waals surface area contributed by atoms with E-state index in [-0.39, 0.29) is 5.60 Å². The zero-order chi connectivity index (χ0) is 15.4. The van der Waals surface area contributed by atoms with Crippen LogP contribution < -0.4 is 5.06 Å². The van der Waals surface area contributed by atoms with Crippen LogP contribution in [0.2, 0.25) is 5.02 Å². The summed E-state index contributed by atoms with van der Waals surface area (Å²) in [6, 6.07) is 8.02. The van der Waals surface area contributed by atoms with Crippen LogP contribution in [-0.2, 0) is 4.84 Å². The van der Waals surface area contributed by atoms with Crippen molar-refractivity contribution >= 4 is 28.2 Å². The van der Waals surface area contributed by atoms with E-state index in [0.29, 0.717) is 5.92 Å². The molecule has 1 aromatic heterocycles. The zero-order valence-electron chi connectivity index (χ0n) is 13.0. The summed E-state index contributed by atoms with van der Waals surface area (Å²) >= 11 is 6.05. The first kappa shape index (κ1) is 14.0. The maximum Gasteiger partial charge on any atom is 0.152 e. The summed E-state index contributed by atoms with van der Waals surface area (Å²) in [5.74, 6) is 1.62. The maximum atomic E-state index is 6.49. The molecule has 4 nitrogen and oxygen atoms in total. The van der Waals surface area contributed by atoms with Gasteiger partial charge in [-0.3, -0.25) is 4.84 Å². The summed E-state index contributed by atoms with van der Waals surface area (Å²) in [6.45, 7) is 4.49. The summed E-state index contributed by atoms with van der Waals surface area (Å²) in [5, 5.41) is 4.97. The number of aromatic nitrogens is 1. The molecule has 4 aliphatic heterocycles. The molecule has 5 heteroatoms. The largest absolute Gasteiger partial charge is 0.300 e. The summed E-state index contributed by atoms with van der Waals surface area (Å²) in [4.78, 5) is 13.6. The number of benzene rings is 1. The molecule has 6 rings (SSSR count). The van der Waals surface area contributed by atoms with E-state index in [1.807, 2.05) is 29.5 Å². The number of rotatable bonds is 1. The fraction of sp³-hybridized carbons (Fsp3) is 0.500. The van der Waals surface area contributed by atoms with Gasteiger partial charge in [-0.15, -0.1) is 0 Å². The fourth-order valence-corrected chi connectivity index (χ4v) is 4.69. The van der Waals surface area contributed by atoms with Crippen molar-refractivity contribution in [2.75, 3.05) is 31.2 Å². The van der Waals surface area contributed by atoms with E-state index in [0.717, 1.165) is 41.1 Å². The first-order chi connectivity index (χ1) is 11.2. The van der Waals surface area contributed by atoms with Crippen molar-refractivity contribution in [3.05, 3.63) is 35.5 Å². The molecule has 0 aliphatic carbocycles. The van der Waals surface area contributed by atoms with Crippen LogP contribution in [-0.4, -0.2) is 41.7 Å². The Hall–Kier alpha value is -1.36. The molecule has 0 N–H and O–H groups in total. The monoisotopic (exact) mass is 329 g/mol. The van der Waals surface area contributed by atoms with Gasteiger partial charge in [0.15, 0.2) is 5.82 Å². The average Bonchev–Trinajstić information content (AvgIpc) is 2.99. The summed E-state index contributed by atoms with van der Waals surface area (Å²) in [6.07, 6.45) is 5.55. The molecule has 0 unspecified atom stereocenters. The van der Waals surface area contributed by atoms with E-state index in [1.165, 1.54) is 25.9 Å². The Balaban J connectivity index is 1.44. The smallest absolute Gasteiger partial charge is 0.152 e. The van der Waals surface area contributed by atoms with Gasteiger partial charge in [-0.05, 0) is 55.4 Å². The number of pyridine rings is 1. The van der Waals surface area contributed by atoms with Crippen LogP contribution in [0.5, 0.6) is 0 Å². The normalized spacial score (nSPS) is 33.0. The second kappa shape index (κ2) is 5.07. The van der Waals surface area contributed by atoms with Gasteiger partial charge in [0.05, 0.1) is 6.54 Å². The predicted molar refractivity (Wildman–Crippen MR) is 91.7 cm³/mol. The van der Waals surface area contributed by atoms with Gasteiger partial charge in [0.1, 0.15) is 5.60 Å². The van der Waals surface area contributed by atoms with Crippen LogP contribution in [0.3, 0.4) is 0 Å². The summed E-state index contributed by atoms with van der Waals surface area (Å²) < 4.78 is 0. The quantitative estimate of drug-likeness (QED) is 0.800. The van der Waals surface area contributed by atoms with Crippen LogP contribution in [0.1, 0.15) is 19.3 Å². The van der Waals surface area contributed by atoms with E-state index in [2.05, 4.69) is 16.0 Å². The van der Waals surface area contributed by atoms with Gasteiger partial charge in [-0.25, -0.2) is 10.0 Å². The lowest BCUT2D eigenvalue weighted by Crippen LogP contribution is -2.59. The lowest BCUT2D eigenvalue weighted by Gasteiger charge is -2.50. The van der Waals surface area contributed by atoms with Gasteiger partial charge in [-0.2, -0.15) is 0 Å². The first-order valence-corrected chi connectivity index (χ1v) is 8.84. The molecular formula is C18H20ClN3O. The minimum absolute atomic E-state index is 0.0210. The Morgan fingerprint density at radius 2 is 2.00 bits per heavy atom. The standard InChI is InChI=1S/C18H20ClN3O/c19-16-2-1-13-10-17(20-11-14(13)9-16)22-8-5-18(23-22)12-21-6-3-15(18)4-7-21/h1-2,9-11,15H,3-8,12H2/t18-/m0/s1. The highest BCUT2D eigenvalue weighted by Gasteiger charge is 2.52. The highest BCUT2D eigenvalue weighted by atomic mass is 35.5. The lowest BCUT2D eigenvalue weighted by atomic mass is 9.74.